The zero-order valence-electron chi connectivity index (χ0n) is 14.2. The van der Waals surface area contributed by atoms with Gasteiger partial charge in [-0.1, -0.05) is 24.3 Å². The summed E-state index contributed by atoms with van der Waals surface area (Å²) in [7, 11) is 5.47. The number of para-hydroxylation sites is 1. The van der Waals surface area contributed by atoms with Crippen molar-refractivity contribution in [1.29, 1.82) is 0 Å². The number of carbonyl (C=O) groups is 1. The lowest BCUT2D eigenvalue weighted by Gasteiger charge is -2.26. The molecule has 0 aliphatic rings. The Hall–Kier alpha value is -1.85. The molecule has 124 valence electrons. The van der Waals surface area contributed by atoms with E-state index in [4.69, 9.17) is 4.74 Å². The maximum Gasteiger partial charge on any atom is 0.236 e. The standard InChI is InChI=1S/C18H24N2O2S/c1-14(17-10-7-11-23-17)19(2)13-18(21)20(3)12-15-8-5-6-9-16(15)22-4/h5-11,14H,12-13H2,1-4H3. The van der Waals surface area contributed by atoms with E-state index in [-0.39, 0.29) is 11.9 Å². The van der Waals surface area contributed by atoms with Gasteiger partial charge >= 0.3 is 0 Å². The molecule has 0 aliphatic heterocycles. The number of likely N-dealkylation sites (N-methyl/N-ethyl adjacent to an activating group) is 2. The van der Waals surface area contributed by atoms with E-state index in [1.54, 1.807) is 23.3 Å². The van der Waals surface area contributed by atoms with Crippen LogP contribution in [-0.2, 0) is 11.3 Å². The van der Waals surface area contributed by atoms with Crippen LogP contribution in [0.15, 0.2) is 41.8 Å². The Labute approximate surface area is 142 Å². The lowest BCUT2D eigenvalue weighted by atomic mass is 10.2. The van der Waals surface area contributed by atoms with Crippen molar-refractivity contribution in [3.63, 3.8) is 0 Å². The van der Waals surface area contributed by atoms with Gasteiger partial charge in [-0.25, -0.2) is 0 Å². The van der Waals surface area contributed by atoms with Crippen molar-refractivity contribution in [3.8, 4) is 5.75 Å². The van der Waals surface area contributed by atoms with Gasteiger partial charge in [0, 0.05) is 30.1 Å². The third-order valence-electron chi connectivity index (χ3n) is 4.03. The number of nitrogens with zero attached hydrogens (tertiary/aromatic N) is 2. The van der Waals surface area contributed by atoms with E-state index in [9.17, 15) is 4.79 Å². The van der Waals surface area contributed by atoms with Crippen LogP contribution in [0.5, 0.6) is 5.75 Å². The van der Waals surface area contributed by atoms with Gasteiger partial charge in [0.05, 0.1) is 13.7 Å². The molecule has 1 aromatic heterocycles. The van der Waals surface area contributed by atoms with E-state index < -0.39 is 0 Å². The monoisotopic (exact) mass is 332 g/mol. The average Bonchev–Trinajstić information content (AvgIpc) is 3.08. The smallest absolute Gasteiger partial charge is 0.236 e. The van der Waals surface area contributed by atoms with Crippen LogP contribution in [0.1, 0.15) is 23.4 Å². The molecule has 23 heavy (non-hydrogen) atoms. The van der Waals surface area contributed by atoms with Crippen LogP contribution in [0.25, 0.3) is 0 Å². The van der Waals surface area contributed by atoms with Gasteiger partial charge in [-0.15, -0.1) is 11.3 Å². The highest BCUT2D eigenvalue weighted by Gasteiger charge is 2.18. The van der Waals surface area contributed by atoms with Gasteiger partial charge in [0.15, 0.2) is 0 Å². The molecule has 0 aliphatic carbocycles. The third kappa shape index (κ3) is 4.56. The molecule has 1 aromatic carbocycles. The summed E-state index contributed by atoms with van der Waals surface area (Å²) in [6, 6.07) is 12.2. The van der Waals surface area contributed by atoms with Crippen molar-refractivity contribution >= 4 is 17.2 Å². The summed E-state index contributed by atoms with van der Waals surface area (Å²) >= 11 is 1.72. The molecule has 0 bridgehead atoms. The van der Waals surface area contributed by atoms with E-state index in [1.807, 2.05) is 44.4 Å². The normalized spacial score (nSPS) is 12.2. The second-order valence-corrected chi connectivity index (χ2v) is 6.65. The third-order valence-corrected chi connectivity index (χ3v) is 5.07. The van der Waals surface area contributed by atoms with Crippen molar-refractivity contribution in [2.45, 2.75) is 19.5 Å². The number of thiophene rings is 1. The van der Waals surface area contributed by atoms with Crippen LogP contribution in [-0.4, -0.2) is 43.5 Å². The van der Waals surface area contributed by atoms with E-state index in [2.05, 4.69) is 23.3 Å². The predicted molar refractivity (Wildman–Crippen MR) is 94.8 cm³/mol. The predicted octanol–water partition coefficient (Wildman–Crippen LogP) is 3.41. The van der Waals surface area contributed by atoms with Crippen LogP contribution < -0.4 is 4.74 Å². The molecule has 0 spiro atoms. The van der Waals surface area contributed by atoms with Crippen molar-refractivity contribution in [2.75, 3.05) is 27.7 Å². The van der Waals surface area contributed by atoms with Crippen LogP contribution >= 0.6 is 11.3 Å². The number of methoxy groups -OCH3 is 1. The Bertz CT molecular complexity index is 628. The summed E-state index contributed by atoms with van der Waals surface area (Å²) in [5.74, 6) is 0.911. The van der Waals surface area contributed by atoms with Crippen molar-refractivity contribution < 1.29 is 9.53 Å². The molecule has 0 saturated heterocycles. The minimum absolute atomic E-state index is 0.0989. The summed E-state index contributed by atoms with van der Waals surface area (Å²) < 4.78 is 5.35. The largest absolute Gasteiger partial charge is 0.496 e. The highest BCUT2D eigenvalue weighted by molar-refractivity contribution is 7.10. The molecule has 1 amide bonds. The fraction of sp³-hybridized carbons (Fsp3) is 0.389. The van der Waals surface area contributed by atoms with Gasteiger partial charge in [-0.2, -0.15) is 0 Å². The second-order valence-electron chi connectivity index (χ2n) is 5.67. The maximum absolute atomic E-state index is 12.5. The van der Waals surface area contributed by atoms with Crippen molar-refractivity contribution in [1.82, 2.24) is 9.80 Å². The fourth-order valence-electron chi connectivity index (χ4n) is 2.39. The Morgan fingerprint density at radius 3 is 2.61 bits per heavy atom. The van der Waals surface area contributed by atoms with Gasteiger partial charge in [-0.05, 0) is 31.5 Å². The summed E-state index contributed by atoms with van der Waals surface area (Å²) in [5, 5.41) is 2.06. The van der Waals surface area contributed by atoms with Crippen LogP contribution in [0.4, 0.5) is 0 Å². The number of hydrogen-bond donors (Lipinski definition) is 0. The molecule has 0 saturated carbocycles. The van der Waals surface area contributed by atoms with Crippen LogP contribution in [0.3, 0.4) is 0 Å². The number of carbonyl (C=O) groups excluding carboxylic acids is 1. The van der Waals surface area contributed by atoms with Gasteiger partial charge in [0.1, 0.15) is 5.75 Å². The maximum atomic E-state index is 12.5. The number of benzene rings is 1. The Kier molecular flexibility index (Phi) is 6.19. The van der Waals surface area contributed by atoms with E-state index >= 15 is 0 Å². The van der Waals surface area contributed by atoms with Crippen molar-refractivity contribution in [2.24, 2.45) is 0 Å². The van der Waals surface area contributed by atoms with E-state index in [0.29, 0.717) is 13.1 Å². The van der Waals surface area contributed by atoms with Gasteiger partial charge in [0.25, 0.3) is 0 Å². The Balaban J connectivity index is 1.94. The molecule has 0 N–H and O–H groups in total. The molecule has 4 nitrogen and oxygen atoms in total. The average molecular weight is 332 g/mol. The SMILES string of the molecule is COc1ccccc1CN(C)C(=O)CN(C)C(C)c1cccs1. The van der Waals surface area contributed by atoms with Gasteiger partial charge in [0.2, 0.25) is 5.91 Å². The Morgan fingerprint density at radius 1 is 1.22 bits per heavy atom. The minimum Gasteiger partial charge on any atom is -0.496 e. The minimum atomic E-state index is 0.0989. The first-order valence-corrected chi connectivity index (χ1v) is 8.50. The Morgan fingerprint density at radius 2 is 1.96 bits per heavy atom. The summed E-state index contributed by atoms with van der Waals surface area (Å²) in [4.78, 5) is 17.6. The molecule has 1 atom stereocenters. The molecule has 1 heterocycles. The number of amides is 1. The first-order valence-electron chi connectivity index (χ1n) is 7.62. The molecule has 5 heteroatoms. The molecule has 1 unspecified atom stereocenters. The second kappa shape index (κ2) is 8.13. The number of ether oxygens (including phenoxy) is 1. The topological polar surface area (TPSA) is 32.8 Å². The zero-order chi connectivity index (χ0) is 16.8. The number of rotatable bonds is 7. The lowest BCUT2D eigenvalue weighted by Crippen LogP contribution is -2.37. The fourth-order valence-corrected chi connectivity index (χ4v) is 3.24. The van der Waals surface area contributed by atoms with Crippen LogP contribution in [0.2, 0.25) is 0 Å². The molecule has 0 fully saturated rings. The van der Waals surface area contributed by atoms with Gasteiger partial charge in [-0.3, -0.25) is 9.69 Å². The van der Waals surface area contributed by atoms with E-state index in [1.165, 1.54) is 4.88 Å². The molecular formula is C18H24N2O2S. The quantitative estimate of drug-likeness (QED) is 0.779. The number of hydrogen-bond acceptors (Lipinski definition) is 4. The summed E-state index contributed by atoms with van der Waals surface area (Å²) in [6.45, 7) is 3.06. The first-order chi connectivity index (χ1) is 11.0. The molecular weight excluding hydrogens is 308 g/mol. The lowest BCUT2D eigenvalue weighted by molar-refractivity contribution is -0.131. The highest BCUT2D eigenvalue weighted by Crippen LogP contribution is 2.23. The first kappa shape index (κ1) is 17.5. The molecule has 2 rings (SSSR count). The van der Waals surface area contributed by atoms with Crippen molar-refractivity contribution in [3.05, 3.63) is 52.2 Å². The highest BCUT2D eigenvalue weighted by atomic mass is 32.1. The molecule has 2 aromatic rings. The summed E-state index contributed by atoms with van der Waals surface area (Å²) in [6.07, 6.45) is 0. The zero-order valence-corrected chi connectivity index (χ0v) is 15.0. The summed E-state index contributed by atoms with van der Waals surface area (Å²) in [5.41, 5.74) is 1.01. The van der Waals surface area contributed by atoms with Crippen LogP contribution in [0, 0.1) is 0 Å². The molecule has 0 radical (unpaired) electrons. The van der Waals surface area contributed by atoms with E-state index in [0.717, 1.165) is 11.3 Å². The van der Waals surface area contributed by atoms with Gasteiger partial charge < -0.3 is 9.64 Å².